The fourth-order valence-corrected chi connectivity index (χ4v) is 6.47. The van der Waals surface area contributed by atoms with Crippen molar-refractivity contribution >= 4 is 55.5 Å². The highest BCUT2D eigenvalue weighted by molar-refractivity contribution is 6.17. The minimum Gasteiger partial charge on any atom is -0.456 e. The van der Waals surface area contributed by atoms with Crippen molar-refractivity contribution in [1.82, 2.24) is 9.88 Å². The number of nitrogens with zero attached hydrogens (tertiary/aromatic N) is 3. The lowest BCUT2D eigenvalue weighted by atomic mass is 10.00. The third kappa shape index (κ3) is 3.87. The van der Waals surface area contributed by atoms with E-state index in [4.69, 9.17) is 14.4 Å². The number of aromatic nitrogens is 1. The van der Waals surface area contributed by atoms with Gasteiger partial charge in [-0.1, -0.05) is 115 Å². The van der Waals surface area contributed by atoms with E-state index >= 15 is 0 Å². The summed E-state index contributed by atoms with van der Waals surface area (Å²) in [5.41, 5.74) is 8.18. The van der Waals surface area contributed by atoms with Gasteiger partial charge in [0.1, 0.15) is 17.3 Å². The van der Waals surface area contributed by atoms with Gasteiger partial charge in [0, 0.05) is 32.7 Å². The molecule has 1 aliphatic heterocycles. The Morgan fingerprint density at radius 1 is 0.545 bits per heavy atom. The van der Waals surface area contributed by atoms with Crippen LogP contribution >= 0.6 is 0 Å². The fourth-order valence-electron chi connectivity index (χ4n) is 6.47. The van der Waals surface area contributed by atoms with E-state index in [0.29, 0.717) is 5.84 Å². The second kappa shape index (κ2) is 9.82. The van der Waals surface area contributed by atoms with Crippen LogP contribution in [0.3, 0.4) is 0 Å². The van der Waals surface area contributed by atoms with Crippen molar-refractivity contribution < 1.29 is 4.42 Å². The summed E-state index contributed by atoms with van der Waals surface area (Å²) in [6.07, 6.45) is -0.400. The van der Waals surface area contributed by atoms with Gasteiger partial charge >= 0.3 is 0 Å². The molecule has 0 bridgehead atoms. The number of para-hydroxylation sites is 2. The van der Waals surface area contributed by atoms with E-state index in [-0.39, 0.29) is 0 Å². The standard InChI is InChI=1S/C39H26N4O/c1-3-12-25(13-4-1)27-22-23-34-31(24-27)36-30(18-11-21-35(36)44-34)38-40-37(26-14-5-2-6-15-26)41-39(42-38)43-32-19-9-7-16-28(32)29-17-8-10-20-33(29)43/h1-24,38H,(H,40,41,42). The van der Waals surface area contributed by atoms with Crippen LogP contribution in [-0.4, -0.2) is 16.4 Å². The Labute approximate surface area is 253 Å². The number of rotatable bonds is 3. The van der Waals surface area contributed by atoms with Crippen molar-refractivity contribution in [2.45, 2.75) is 6.17 Å². The first-order chi connectivity index (χ1) is 21.8. The second-order valence-corrected chi connectivity index (χ2v) is 11.1. The van der Waals surface area contributed by atoms with E-state index in [1.165, 1.54) is 16.3 Å². The molecule has 0 aliphatic carbocycles. The summed E-state index contributed by atoms with van der Waals surface area (Å²) in [6.45, 7) is 0. The summed E-state index contributed by atoms with van der Waals surface area (Å²) in [4.78, 5) is 10.4. The van der Waals surface area contributed by atoms with Crippen LogP contribution in [0.5, 0.6) is 0 Å². The Kier molecular flexibility index (Phi) is 5.50. The Bertz CT molecular complexity index is 2360. The molecule has 1 aliphatic rings. The van der Waals surface area contributed by atoms with Crippen molar-refractivity contribution in [2.24, 2.45) is 9.98 Å². The highest BCUT2D eigenvalue weighted by Crippen LogP contribution is 2.38. The van der Waals surface area contributed by atoms with Crippen LogP contribution in [0.1, 0.15) is 17.3 Å². The Hall–Kier alpha value is -5.94. The van der Waals surface area contributed by atoms with Crippen LogP contribution in [0.25, 0.3) is 54.9 Å². The van der Waals surface area contributed by atoms with E-state index in [2.05, 4.69) is 119 Å². The monoisotopic (exact) mass is 566 g/mol. The maximum Gasteiger partial charge on any atom is 0.211 e. The molecule has 0 saturated heterocycles. The average Bonchev–Trinajstić information content (AvgIpc) is 3.64. The smallest absolute Gasteiger partial charge is 0.211 e. The molecule has 0 spiro atoms. The third-order valence-corrected chi connectivity index (χ3v) is 8.48. The molecule has 0 saturated carbocycles. The van der Waals surface area contributed by atoms with Crippen LogP contribution in [-0.2, 0) is 0 Å². The molecular formula is C39H26N4O. The van der Waals surface area contributed by atoms with Gasteiger partial charge in [0.05, 0.1) is 11.0 Å². The summed E-state index contributed by atoms with van der Waals surface area (Å²) in [6, 6.07) is 50.3. The maximum atomic E-state index is 6.39. The zero-order chi connectivity index (χ0) is 29.0. The van der Waals surface area contributed by atoms with Crippen molar-refractivity contribution in [3.05, 3.63) is 157 Å². The van der Waals surface area contributed by atoms with E-state index in [0.717, 1.165) is 55.6 Å². The molecule has 0 radical (unpaired) electrons. The van der Waals surface area contributed by atoms with Crippen LogP contribution in [0, 0.1) is 0 Å². The van der Waals surface area contributed by atoms with Crippen LogP contribution < -0.4 is 5.32 Å². The van der Waals surface area contributed by atoms with Crippen LogP contribution in [0.15, 0.2) is 160 Å². The lowest BCUT2D eigenvalue weighted by molar-refractivity contribution is 0.657. The maximum absolute atomic E-state index is 6.39. The number of aliphatic imine (C=N–C) groups is 2. The zero-order valence-electron chi connectivity index (χ0n) is 23.7. The molecule has 1 unspecified atom stereocenters. The first-order valence-corrected chi connectivity index (χ1v) is 14.8. The molecular weight excluding hydrogens is 540 g/mol. The van der Waals surface area contributed by atoms with Gasteiger partial charge in [0.15, 0.2) is 5.84 Å². The van der Waals surface area contributed by atoms with Gasteiger partial charge in [-0.3, -0.25) is 4.57 Å². The number of fused-ring (bicyclic) bond motifs is 6. The molecule has 0 fully saturated rings. The molecule has 5 nitrogen and oxygen atoms in total. The van der Waals surface area contributed by atoms with Crippen molar-refractivity contribution in [1.29, 1.82) is 0 Å². The summed E-state index contributed by atoms with van der Waals surface area (Å²) in [7, 11) is 0. The minimum absolute atomic E-state index is 0.400. The molecule has 9 rings (SSSR count). The average molecular weight is 567 g/mol. The van der Waals surface area contributed by atoms with Crippen molar-refractivity contribution in [3.63, 3.8) is 0 Å². The summed E-state index contributed by atoms with van der Waals surface area (Å²) >= 11 is 0. The first kappa shape index (κ1) is 24.6. The van der Waals surface area contributed by atoms with E-state index in [9.17, 15) is 0 Å². The molecule has 208 valence electrons. The quantitative estimate of drug-likeness (QED) is 0.232. The van der Waals surface area contributed by atoms with Crippen molar-refractivity contribution in [2.75, 3.05) is 0 Å². The lowest BCUT2D eigenvalue weighted by Crippen LogP contribution is -2.37. The molecule has 44 heavy (non-hydrogen) atoms. The Morgan fingerprint density at radius 2 is 1.20 bits per heavy atom. The zero-order valence-corrected chi connectivity index (χ0v) is 23.7. The number of furan rings is 1. The van der Waals surface area contributed by atoms with Crippen LogP contribution in [0.2, 0.25) is 0 Å². The van der Waals surface area contributed by atoms with Gasteiger partial charge < -0.3 is 9.73 Å². The van der Waals surface area contributed by atoms with Gasteiger partial charge in [0.2, 0.25) is 5.96 Å². The summed E-state index contributed by atoms with van der Waals surface area (Å²) in [5, 5.41) is 8.22. The first-order valence-electron chi connectivity index (χ1n) is 14.8. The number of hydrogen-bond acceptors (Lipinski definition) is 4. The molecule has 6 aromatic carbocycles. The molecule has 8 aromatic rings. The number of benzene rings is 6. The summed E-state index contributed by atoms with van der Waals surface area (Å²) in [5.74, 6) is 1.41. The van der Waals surface area contributed by atoms with Gasteiger partial charge in [0.25, 0.3) is 0 Å². The largest absolute Gasteiger partial charge is 0.456 e. The third-order valence-electron chi connectivity index (χ3n) is 8.48. The Balaban J connectivity index is 1.27. The van der Waals surface area contributed by atoms with Gasteiger partial charge in [-0.05, 0) is 41.5 Å². The van der Waals surface area contributed by atoms with E-state index in [1.807, 2.05) is 36.4 Å². The van der Waals surface area contributed by atoms with Crippen molar-refractivity contribution in [3.8, 4) is 11.1 Å². The highest BCUT2D eigenvalue weighted by Gasteiger charge is 2.26. The number of hydrogen-bond donors (Lipinski definition) is 1. The van der Waals surface area contributed by atoms with Gasteiger partial charge in [-0.25, -0.2) is 4.99 Å². The summed E-state index contributed by atoms with van der Waals surface area (Å²) < 4.78 is 8.61. The number of amidine groups is 1. The fraction of sp³-hybridized carbons (Fsp3) is 0.0256. The van der Waals surface area contributed by atoms with Gasteiger partial charge in [-0.2, -0.15) is 4.99 Å². The lowest BCUT2D eigenvalue weighted by Gasteiger charge is -2.25. The minimum atomic E-state index is -0.400. The predicted molar refractivity (Wildman–Crippen MR) is 180 cm³/mol. The van der Waals surface area contributed by atoms with Gasteiger partial charge in [-0.15, -0.1) is 0 Å². The second-order valence-electron chi connectivity index (χ2n) is 11.1. The molecule has 0 amide bonds. The molecule has 1 atom stereocenters. The SMILES string of the molecule is c1ccc(C2=NC(c3cccc4oc5ccc(-c6ccccc6)cc5c34)NC(n3c4ccccc4c4ccccc43)=N2)cc1. The Morgan fingerprint density at radius 3 is 1.93 bits per heavy atom. The molecule has 2 aromatic heterocycles. The highest BCUT2D eigenvalue weighted by atomic mass is 16.3. The van der Waals surface area contributed by atoms with Crippen LogP contribution in [0.4, 0.5) is 0 Å². The normalized spacial score (nSPS) is 15.0. The van der Waals surface area contributed by atoms with E-state index < -0.39 is 6.17 Å². The molecule has 3 heterocycles. The topological polar surface area (TPSA) is 54.8 Å². The number of nitrogens with one attached hydrogen (secondary N) is 1. The molecule has 1 N–H and O–H groups in total. The molecule has 5 heteroatoms. The predicted octanol–water partition coefficient (Wildman–Crippen LogP) is 9.31. The van der Waals surface area contributed by atoms with E-state index in [1.54, 1.807) is 0 Å².